The van der Waals surface area contributed by atoms with Crippen molar-refractivity contribution in [3.63, 3.8) is 0 Å². The molecule has 1 aromatic carbocycles. The molecular weight excluding hydrogens is 304 g/mol. The third kappa shape index (κ3) is 3.20. The first kappa shape index (κ1) is 14.8. The summed E-state index contributed by atoms with van der Waals surface area (Å²) in [6, 6.07) is 9.56. The molecule has 1 aromatic heterocycles. The van der Waals surface area contributed by atoms with Crippen LogP contribution >= 0.6 is 0 Å². The van der Waals surface area contributed by atoms with Crippen molar-refractivity contribution in [2.75, 3.05) is 0 Å². The molecule has 1 heterocycles. The number of nitrogens with zero attached hydrogens (tertiary/aromatic N) is 1. The van der Waals surface area contributed by atoms with Gasteiger partial charge in [-0.05, 0) is 43.2 Å². The standard InChI is InChI=1S/C15H16N2O4S/c16-22(19,20)14-5-1-3-11(9-14)15(18)17(12-6-7-12)10-13-4-2-8-21-13/h1-5,8-9,12H,6-7,10H2,(H2,16,19,20). The van der Waals surface area contributed by atoms with Crippen LogP contribution in [0.15, 0.2) is 52.0 Å². The Hall–Kier alpha value is -2.12. The second-order valence-electron chi connectivity index (χ2n) is 5.32. The van der Waals surface area contributed by atoms with Gasteiger partial charge < -0.3 is 9.32 Å². The number of carbonyl (C=O) groups excluding carboxylic acids is 1. The first-order chi connectivity index (χ1) is 10.4. The highest BCUT2D eigenvalue weighted by molar-refractivity contribution is 7.89. The molecule has 2 aromatic rings. The minimum Gasteiger partial charge on any atom is -0.467 e. The fraction of sp³-hybridized carbons (Fsp3) is 0.267. The van der Waals surface area contributed by atoms with Crippen LogP contribution in [0.3, 0.4) is 0 Å². The summed E-state index contributed by atoms with van der Waals surface area (Å²) in [5.74, 6) is 0.479. The average molecular weight is 320 g/mol. The fourth-order valence-corrected chi connectivity index (χ4v) is 2.85. The molecule has 116 valence electrons. The van der Waals surface area contributed by atoms with E-state index in [1.807, 2.05) is 6.07 Å². The van der Waals surface area contributed by atoms with Gasteiger partial charge >= 0.3 is 0 Å². The van der Waals surface area contributed by atoms with Crippen molar-refractivity contribution in [3.05, 3.63) is 54.0 Å². The van der Waals surface area contributed by atoms with Gasteiger partial charge in [0.15, 0.2) is 0 Å². The minimum absolute atomic E-state index is 0.0629. The van der Waals surface area contributed by atoms with Crippen molar-refractivity contribution in [2.45, 2.75) is 30.3 Å². The van der Waals surface area contributed by atoms with E-state index >= 15 is 0 Å². The predicted molar refractivity (Wildman–Crippen MR) is 79.4 cm³/mol. The van der Waals surface area contributed by atoms with Gasteiger partial charge in [0.1, 0.15) is 5.76 Å². The van der Waals surface area contributed by atoms with E-state index in [1.54, 1.807) is 23.3 Å². The molecule has 6 nitrogen and oxygen atoms in total. The van der Waals surface area contributed by atoms with Crippen molar-refractivity contribution >= 4 is 15.9 Å². The molecule has 1 fully saturated rings. The number of amides is 1. The number of nitrogens with two attached hydrogens (primary N) is 1. The zero-order valence-electron chi connectivity index (χ0n) is 11.8. The van der Waals surface area contributed by atoms with Gasteiger partial charge in [-0.1, -0.05) is 6.07 Å². The molecule has 1 saturated carbocycles. The van der Waals surface area contributed by atoms with Crippen molar-refractivity contribution in [1.29, 1.82) is 0 Å². The summed E-state index contributed by atoms with van der Waals surface area (Å²) in [6.45, 7) is 0.371. The number of furan rings is 1. The summed E-state index contributed by atoms with van der Waals surface area (Å²) in [6.07, 6.45) is 3.45. The highest BCUT2D eigenvalue weighted by Gasteiger charge is 2.33. The van der Waals surface area contributed by atoms with E-state index in [0.717, 1.165) is 12.8 Å². The topological polar surface area (TPSA) is 93.6 Å². The number of carbonyl (C=O) groups is 1. The highest BCUT2D eigenvalue weighted by atomic mass is 32.2. The second kappa shape index (κ2) is 5.58. The number of hydrogen-bond donors (Lipinski definition) is 1. The Morgan fingerprint density at radius 3 is 2.64 bits per heavy atom. The van der Waals surface area contributed by atoms with Crippen molar-refractivity contribution in [3.8, 4) is 0 Å². The minimum atomic E-state index is -3.83. The number of hydrogen-bond acceptors (Lipinski definition) is 4. The summed E-state index contributed by atoms with van der Waals surface area (Å²) in [5.41, 5.74) is 0.310. The van der Waals surface area contributed by atoms with E-state index in [9.17, 15) is 13.2 Å². The van der Waals surface area contributed by atoms with Crippen LogP contribution in [0.4, 0.5) is 0 Å². The van der Waals surface area contributed by atoms with Crippen LogP contribution in [-0.4, -0.2) is 25.3 Å². The van der Waals surface area contributed by atoms with E-state index in [2.05, 4.69) is 0 Å². The zero-order valence-corrected chi connectivity index (χ0v) is 12.6. The molecule has 0 spiro atoms. The number of primary sulfonamides is 1. The van der Waals surface area contributed by atoms with Crippen LogP contribution in [0.1, 0.15) is 29.0 Å². The summed E-state index contributed by atoms with van der Waals surface area (Å²) in [4.78, 5) is 14.3. The van der Waals surface area contributed by atoms with Crippen LogP contribution < -0.4 is 5.14 Å². The van der Waals surface area contributed by atoms with Gasteiger partial charge in [-0.3, -0.25) is 4.79 Å². The molecule has 0 saturated heterocycles. The lowest BCUT2D eigenvalue weighted by atomic mass is 10.2. The van der Waals surface area contributed by atoms with Gasteiger partial charge in [0.25, 0.3) is 5.91 Å². The lowest BCUT2D eigenvalue weighted by molar-refractivity contribution is 0.0717. The van der Waals surface area contributed by atoms with Crippen molar-refractivity contribution in [2.24, 2.45) is 5.14 Å². The van der Waals surface area contributed by atoms with Crippen LogP contribution in [-0.2, 0) is 16.6 Å². The van der Waals surface area contributed by atoms with E-state index < -0.39 is 10.0 Å². The van der Waals surface area contributed by atoms with E-state index in [4.69, 9.17) is 9.56 Å². The van der Waals surface area contributed by atoms with Crippen molar-refractivity contribution < 1.29 is 17.6 Å². The van der Waals surface area contributed by atoms with E-state index in [0.29, 0.717) is 17.9 Å². The van der Waals surface area contributed by atoms with Crippen LogP contribution in [0.2, 0.25) is 0 Å². The molecule has 3 rings (SSSR count). The lowest BCUT2D eigenvalue weighted by Gasteiger charge is -2.21. The zero-order chi connectivity index (χ0) is 15.7. The molecule has 1 aliphatic carbocycles. The Morgan fingerprint density at radius 2 is 2.05 bits per heavy atom. The molecule has 7 heteroatoms. The quantitative estimate of drug-likeness (QED) is 0.908. The summed E-state index contributed by atoms with van der Waals surface area (Å²) < 4.78 is 28.1. The van der Waals surface area contributed by atoms with Crippen LogP contribution in [0.25, 0.3) is 0 Å². The molecule has 0 radical (unpaired) electrons. The highest BCUT2D eigenvalue weighted by Crippen LogP contribution is 2.30. The van der Waals surface area contributed by atoms with Gasteiger partial charge in [-0.25, -0.2) is 13.6 Å². The maximum atomic E-state index is 12.7. The van der Waals surface area contributed by atoms with E-state index in [-0.39, 0.29) is 16.8 Å². The molecular formula is C15H16N2O4S. The van der Waals surface area contributed by atoms with Crippen LogP contribution in [0, 0.1) is 0 Å². The van der Waals surface area contributed by atoms with Crippen molar-refractivity contribution in [1.82, 2.24) is 4.90 Å². The molecule has 0 aliphatic heterocycles. The normalized spacial score (nSPS) is 14.8. The second-order valence-corrected chi connectivity index (χ2v) is 6.88. The smallest absolute Gasteiger partial charge is 0.254 e. The Kier molecular flexibility index (Phi) is 3.76. The third-order valence-corrected chi connectivity index (χ3v) is 4.48. The summed E-state index contributed by atoms with van der Waals surface area (Å²) in [5, 5.41) is 5.12. The SMILES string of the molecule is NS(=O)(=O)c1cccc(C(=O)N(Cc2ccco2)C2CC2)c1. The maximum absolute atomic E-state index is 12.7. The monoisotopic (exact) mass is 320 g/mol. The predicted octanol–water partition coefficient (Wildman–Crippen LogP) is 1.73. The van der Waals surface area contributed by atoms with Gasteiger partial charge in [-0.2, -0.15) is 0 Å². The van der Waals surface area contributed by atoms with Gasteiger partial charge in [0.2, 0.25) is 10.0 Å². The average Bonchev–Trinajstić information content (AvgIpc) is 3.20. The fourth-order valence-electron chi connectivity index (χ4n) is 2.30. The number of sulfonamides is 1. The Morgan fingerprint density at radius 1 is 1.27 bits per heavy atom. The molecule has 0 unspecified atom stereocenters. The summed E-state index contributed by atoms with van der Waals surface area (Å²) in [7, 11) is -3.83. The first-order valence-electron chi connectivity index (χ1n) is 6.91. The molecule has 1 aliphatic rings. The summed E-state index contributed by atoms with van der Waals surface area (Å²) >= 11 is 0. The molecule has 0 bridgehead atoms. The Balaban J connectivity index is 1.87. The lowest BCUT2D eigenvalue weighted by Crippen LogP contribution is -2.32. The Bertz CT molecular complexity index is 780. The first-order valence-corrected chi connectivity index (χ1v) is 8.46. The molecule has 1 amide bonds. The number of rotatable bonds is 5. The number of benzene rings is 1. The van der Waals surface area contributed by atoms with Gasteiger partial charge in [-0.15, -0.1) is 0 Å². The maximum Gasteiger partial charge on any atom is 0.254 e. The van der Waals surface area contributed by atoms with E-state index in [1.165, 1.54) is 18.2 Å². The van der Waals surface area contributed by atoms with Gasteiger partial charge in [0.05, 0.1) is 17.7 Å². The van der Waals surface area contributed by atoms with Crippen LogP contribution in [0.5, 0.6) is 0 Å². The molecule has 22 heavy (non-hydrogen) atoms. The molecule has 0 atom stereocenters. The Labute approximate surface area is 128 Å². The molecule has 2 N–H and O–H groups in total. The van der Waals surface area contributed by atoms with Gasteiger partial charge in [0, 0.05) is 11.6 Å². The largest absolute Gasteiger partial charge is 0.467 e. The third-order valence-electron chi connectivity index (χ3n) is 3.56.